The lowest BCUT2D eigenvalue weighted by atomic mass is 10.1. The van der Waals surface area contributed by atoms with E-state index in [0.717, 1.165) is 0 Å². The molecule has 0 aromatic heterocycles. The molecule has 2 heteroatoms. The first-order chi connectivity index (χ1) is 6.79. The number of benzene rings is 1. The summed E-state index contributed by atoms with van der Waals surface area (Å²) in [7, 11) is 0. The molecule has 1 saturated heterocycles. The van der Waals surface area contributed by atoms with Crippen molar-refractivity contribution in [2.45, 2.75) is 38.3 Å². The van der Waals surface area contributed by atoms with E-state index in [9.17, 15) is 4.39 Å². The SMILES string of the molecule is CC[C@H]1CC[C@@H](c2ccc(F)cc2)N1. The largest absolute Gasteiger partial charge is 0.307 e. The fourth-order valence-corrected chi connectivity index (χ4v) is 2.10. The highest BCUT2D eigenvalue weighted by Gasteiger charge is 2.23. The topological polar surface area (TPSA) is 12.0 Å². The molecule has 0 radical (unpaired) electrons. The van der Waals surface area contributed by atoms with E-state index in [1.807, 2.05) is 12.1 Å². The van der Waals surface area contributed by atoms with E-state index >= 15 is 0 Å². The zero-order chi connectivity index (χ0) is 9.97. The Morgan fingerprint density at radius 1 is 1.29 bits per heavy atom. The first-order valence-electron chi connectivity index (χ1n) is 5.31. The van der Waals surface area contributed by atoms with Gasteiger partial charge < -0.3 is 5.32 Å². The van der Waals surface area contributed by atoms with E-state index in [0.29, 0.717) is 12.1 Å². The van der Waals surface area contributed by atoms with Crippen LogP contribution in [0.2, 0.25) is 0 Å². The Morgan fingerprint density at radius 2 is 2.00 bits per heavy atom. The molecule has 1 aromatic carbocycles. The van der Waals surface area contributed by atoms with Crippen LogP contribution in [0.5, 0.6) is 0 Å². The molecule has 76 valence electrons. The molecular weight excluding hydrogens is 177 g/mol. The molecule has 1 aliphatic rings. The van der Waals surface area contributed by atoms with Gasteiger partial charge in [-0.3, -0.25) is 0 Å². The average molecular weight is 193 g/mol. The summed E-state index contributed by atoms with van der Waals surface area (Å²) >= 11 is 0. The van der Waals surface area contributed by atoms with Gasteiger partial charge in [-0.2, -0.15) is 0 Å². The van der Waals surface area contributed by atoms with Crippen LogP contribution in [0.4, 0.5) is 4.39 Å². The number of halogens is 1. The maximum absolute atomic E-state index is 12.7. The van der Waals surface area contributed by atoms with Crippen LogP contribution in [0.1, 0.15) is 37.8 Å². The van der Waals surface area contributed by atoms with Crippen molar-refractivity contribution in [3.05, 3.63) is 35.6 Å². The van der Waals surface area contributed by atoms with Gasteiger partial charge in [0.1, 0.15) is 5.82 Å². The third-order valence-corrected chi connectivity index (χ3v) is 3.01. The van der Waals surface area contributed by atoms with Crippen molar-refractivity contribution in [2.75, 3.05) is 0 Å². The number of hydrogen-bond acceptors (Lipinski definition) is 1. The number of rotatable bonds is 2. The molecule has 1 nitrogen and oxygen atoms in total. The van der Waals surface area contributed by atoms with E-state index in [4.69, 9.17) is 0 Å². The van der Waals surface area contributed by atoms with Gasteiger partial charge in [0.25, 0.3) is 0 Å². The molecule has 1 aromatic rings. The van der Waals surface area contributed by atoms with Gasteiger partial charge in [0.15, 0.2) is 0 Å². The van der Waals surface area contributed by atoms with Crippen LogP contribution >= 0.6 is 0 Å². The highest BCUT2D eigenvalue weighted by molar-refractivity contribution is 5.21. The van der Waals surface area contributed by atoms with E-state index in [1.165, 1.54) is 37.0 Å². The maximum Gasteiger partial charge on any atom is 0.123 e. The summed E-state index contributed by atoms with van der Waals surface area (Å²) in [5.74, 6) is -0.154. The van der Waals surface area contributed by atoms with Crippen LogP contribution in [0.15, 0.2) is 24.3 Å². The molecule has 1 aliphatic heterocycles. The second kappa shape index (κ2) is 4.09. The molecular formula is C12H16FN. The average Bonchev–Trinajstić information content (AvgIpc) is 2.67. The van der Waals surface area contributed by atoms with Gasteiger partial charge >= 0.3 is 0 Å². The Morgan fingerprint density at radius 3 is 2.57 bits per heavy atom. The number of hydrogen-bond donors (Lipinski definition) is 1. The van der Waals surface area contributed by atoms with E-state index in [2.05, 4.69) is 12.2 Å². The molecule has 14 heavy (non-hydrogen) atoms. The Kier molecular flexibility index (Phi) is 2.82. The molecule has 0 bridgehead atoms. The second-order valence-electron chi connectivity index (χ2n) is 3.95. The maximum atomic E-state index is 12.7. The van der Waals surface area contributed by atoms with Crippen molar-refractivity contribution < 1.29 is 4.39 Å². The Labute approximate surface area is 84.3 Å². The van der Waals surface area contributed by atoms with Gasteiger partial charge in [0.2, 0.25) is 0 Å². The number of nitrogens with one attached hydrogen (secondary N) is 1. The second-order valence-corrected chi connectivity index (χ2v) is 3.95. The van der Waals surface area contributed by atoms with Crippen molar-refractivity contribution >= 4 is 0 Å². The summed E-state index contributed by atoms with van der Waals surface area (Å²) in [6.45, 7) is 2.20. The predicted molar refractivity (Wildman–Crippen MR) is 55.6 cm³/mol. The Hall–Kier alpha value is -0.890. The Bertz CT molecular complexity index is 294. The summed E-state index contributed by atoms with van der Waals surface area (Å²) < 4.78 is 12.7. The van der Waals surface area contributed by atoms with Gasteiger partial charge in [-0.25, -0.2) is 4.39 Å². The molecule has 0 spiro atoms. The minimum atomic E-state index is -0.154. The quantitative estimate of drug-likeness (QED) is 0.761. The minimum Gasteiger partial charge on any atom is -0.307 e. The van der Waals surface area contributed by atoms with Crippen LogP contribution in [0.3, 0.4) is 0 Å². The fraction of sp³-hybridized carbons (Fsp3) is 0.500. The smallest absolute Gasteiger partial charge is 0.123 e. The van der Waals surface area contributed by atoms with E-state index < -0.39 is 0 Å². The molecule has 0 saturated carbocycles. The Balaban J connectivity index is 2.06. The lowest BCUT2D eigenvalue weighted by Gasteiger charge is -2.13. The molecule has 0 aliphatic carbocycles. The van der Waals surface area contributed by atoms with Gasteiger partial charge in [0.05, 0.1) is 0 Å². The molecule has 0 unspecified atom stereocenters. The molecule has 1 heterocycles. The van der Waals surface area contributed by atoms with Gasteiger partial charge in [-0.1, -0.05) is 19.1 Å². The van der Waals surface area contributed by atoms with E-state index in [1.54, 1.807) is 0 Å². The summed E-state index contributed by atoms with van der Waals surface area (Å²) in [5, 5.41) is 3.55. The highest BCUT2D eigenvalue weighted by Crippen LogP contribution is 2.27. The molecule has 2 rings (SSSR count). The lowest BCUT2D eigenvalue weighted by molar-refractivity contribution is 0.539. The first kappa shape index (κ1) is 9.66. The van der Waals surface area contributed by atoms with Crippen molar-refractivity contribution in [1.82, 2.24) is 5.32 Å². The molecule has 1 fully saturated rings. The zero-order valence-electron chi connectivity index (χ0n) is 8.46. The van der Waals surface area contributed by atoms with Gasteiger partial charge in [0, 0.05) is 12.1 Å². The summed E-state index contributed by atoms with van der Waals surface area (Å²) in [5.41, 5.74) is 1.21. The van der Waals surface area contributed by atoms with Crippen LogP contribution in [0, 0.1) is 5.82 Å². The third kappa shape index (κ3) is 1.95. The molecule has 0 amide bonds. The fourth-order valence-electron chi connectivity index (χ4n) is 2.10. The zero-order valence-corrected chi connectivity index (χ0v) is 8.46. The summed E-state index contributed by atoms with van der Waals surface area (Å²) in [6, 6.07) is 7.91. The summed E-state index contributed by atoms with van der Waals surface area (Å²) in [4.78, 5) is 0. The normalized spacial score (nSPS) is 26.7. The van der Waals surface area contributed by atoms with Crippen LogP contribution in [-0.4, -0.2) is 6.04 Å². The monoisotopic (exact) mass is 193 g/mol. The standard InChI is InChI=1S/C12H16FN/c1-2-11-7-8-12(14-11)9-3-5-10(13)6-4-9/h3-6,11-12,14H,2,7-8H2,1H3/t11-,12-/m0/s1. The lowest BCUT2D eigenvalue weighted by Crippen LogP contribution is -2.23. The predicted octanol–water partition coefficient (Wildman–Crippen LogP) is 3.03. The van der Waals surface area contributed by atoms with Crippen molar-refractivity contribution in [3.63, 3.8) is 0 Å². The van der Waals surface area contributed by atoms with Crippen LogP contribution in [-0.2, 0) is 0 Å². The van der Waals surface area contributed by atoms with Gasteiger partial charge in [-0.15, -0.1) is 0 Å². The molecule has 1 N–H and O–H groups in total. The first-order valence-corrected chi connectivity index (χ1v) is 5.31. The van der Waals surface area contributed by atoms with Crippen molar-refractivity contribution in [2.24, 2.45) is 0 Å². The summed E-state index contributed by atoms with van der Waals surface area (Å²) in [6.07, 6.45) is 3.58. The van der Waals surface area contributed by atoms with Crippen molar-refractivity contribution in [3.8, 4) is 0 Å². The minimum absolute atomic E-state index is 0.154. The highest BCUT2D eigenvalue weighted by atomic mass is 19.1. The van der Waals surface area contributed by atoms with Crippen molar-refractivity contribution in [1.29, 1.82) is 0 Å². The van der Waals surface area contributed by atoms with E-state index in [-0.39, 0.29) is 5.82 Å². The van der Waals surface area contributed by atoms with Crippen LogP contribution in [0.25, 0.3) is 0 Å². The van der Waals surface area contributed by atoms with Crippen LogP contribution < -0.4 is 5.32 Å². The molecule has 2 atom stereocenters. The third-order valence-electron chi connectivity index (χ3n) is 3.01. The van der Waals surface area contributed by atoms with Gasteiger partial charge in [-0.05, 0) is 37.0 Å².